The summed E-state index contributed by atoms with van der Waals surface area (Å²) < 4.78 is 5.19. The molecule has 0 saturated carbocycles. The fourth-order valence-corrected chi connectivity index (χ4v) is 2.77. The Hall–Kier alpha value is -1.88. The molecule has 1 aliphatic heterocycles. The molecule has 0 aromatic heterocycles. The second-order valence-corrected chi connectivity index (χ2v) is 6.05. The van der Waals surface area contributed by atoms with Crippen LogP contribution in [0.2, 0.25) is 0 Å². The van der Waals surface area contributed by atoms with Crippen molar-refractivity contribution in [2.45, 2.75) is 51.2 Å². The van der Waals surface area contributed by atoms with Gasteiger partial charge in [0.05, 0.1) is 12.5 Å². The van der Waals surface area contributed by atoms with E-state index in [1.807, 2.05) is 30.3 Å². The van der Waals surface area contributed by atoms with E-state index in [4.69, 9.17) is 10.5 Å². The molecule has 5 heteroatoms. The zero-order chi connectivity index (χ0) is 16.5. The molecule has 0 aliphatic carbocycles. The summed E-state index contributed by atoms with van der Waals surface area (Å²) >= 11 is 0. The Labute approximate surface area is 137 Å². The lowest BCUT2D eigenvalue weighted by Crippen LogP contribution is -2.46. The van der Waals surface area contributed by atoms with E-state index in [9.17, 15) is 9.59 Å². The van der Waals surface area contributed by atoms with Crippen LogP contribution in [0.1, 0.15) is 44.1 Å². The van der Waals surface area contributed by atoms with Gasteiger partial charge >= 0.3 is 5.97 Å². The van der Waals surface area contributed by atoms with Crippen molar-refractivity contribution in [1.29, 1.82) is 0 Å². The lowest BCUT2D eigenvalue weighted by molar-refractivity contribution is -0.148. The molecule has 1 aromatic rings. The first kappa shape index (κ1) is 17.5. The van der Waals surface area contributed by atoms with E-state index in [2.05, 4.69) is 0 Å². The number of carbonyl (C=O) groups excluding carboxylic acids is 2. The second kappa shape index (κ2) is 9.30. The largest absolute Gasteiger partial charge is 0.461 e. The molecule has 1 aromatic carbocycles. The van der Waals surface area contributed by atoms with Gasteiger partial charge in [-0.05, 0) is 18.4 Å². The first-order valence-electron chi connectivity index (χ1n) is 8.41. The fraction of sp³-hybridized carbons (Fsp3) is 0.556. The van der Waals surface area contributed by atoms with Gasteiger partial charge in [0, 0.05) is 13.1 Å². The highest BCUT2D eigenvalue weighted by molar-refractivity contribution is 5.86. The van der Waals surface area contributed by atoms with Gasteiger partial charge in [-0.1, -0.05) is 49.6 Å². The molecule has 0 spiro atoms. The number of amides is 1. The number of ether oxygens (including phenoxy) is 1. The number of hydrogen-bond acceptors (Lipinski definition) is 4. The predicted octanol–water partition coefficient (Wildman–Crippen LogP) is 2.24. The van der Waals surface area contributed by atoms with Crippen LogP contribution in [-0.2, 0) is 20.9 Å². The number of nitrogens with zero attached hydrogens (tertiary/aromatic N) is 1. The summed E-state index contributed by atoms with van der Waals surface area (Å²) in [4.78, 5) is 26.0. The van der Waals surface area contributed by atoms with Gasteiger partial charge in [-0.3, -0.25) is 9.59 Å². The average molecular weight is 318 g/mol. The molecule has 126 valence electrons. The van der Waals surface area contributed by atoms with Gasteiger partial charge in [0.25, 0.3) is 0 Å². The molecular formula is C18H26N2O3. The molecule has 0 bridgehead atoms. The number of esters is 1. The second-order valence-electron chi connectivity index (χ2n) is 6.05. The highest BCUT2D eigenvalue weighted by atomic mass is 16.5. The van der Waals surface area contributed by atoms with Gasteiger partial charge in [0.2, 0.25) is 5.91 Å². The molecule has 2 rings (SSSR count). The number of nitrogens with two attached hydrogens (primary N) is 1. The minimum atomic E-state index is -0.808. The molecule has 23 heavy (non-hydrogen) atoms. The first-order valence-corrected chi connectivity index (χ1v) is 8.41. The molecule has 1 atom stereocenters. The van der Waals surface area contributed by atoms with Crippen molar-refractivity contribution in [3.63, 3.8) is 0 Å². The number of likely N-dealkylation sites (tertiary alicyclic amines) is 1. The van der Waals surface area contributed by atoms with Crippen LogP contribution < -0.4 is 5.73 Å². The topological polar surface area (TPSA) is 72.6 Å². The summed E-state index contributed by atoms with van der Waals surface area (Å²) in [6, 6.07) is 8.65. The molecular weight excluding hydrogens is 292 g/mol. The highest BCUT2D eigenvalue weighted by Crippen LogP contribution is 2.12. The van der Waals surface area contributed by atoms with E-state index in [0.717, 1.165) is 44.3 Å². The Bertz CT molecular complexity index is 496. The quantitative estimate of drug-likeness (QED) is 0.845. The number of rotatable bonds is 5. The first-order chi connectivity index (χ1) is 11.2. The normalized spacial score (nSPS) is 17.0. The van der Waals surface area contributed by atoms with Crippen LogP contribution in [0.15, 0.2) is 30.3 Å². The summed E-state index contributed by atoms with van der Waals surface area (Å²) in [7, 11) is 0. The van der Waals surface area contributed by atoms with Crippen molar-refractivity contribution in [3.05, 3.63) is 35.9 Å². The Balaban J connectivity index is 1.76. The Morgan fingerprint density at radius 2 is 1.65 bits per heavy atom. The average Bonchev–Trinajstić information content (AvgIpc) is 2.53. The van der Waals surface area contributed by atoms with Gasteiger partial charge < -0.3 is 15.4 Å². The smallest absolute Gasteiger partial charge is 0.308 e. The molecule has 1 heterocycles. The van der Waals surface area contributed by atoms with E-state index in [-0.39, 0.29) is 18.9 Å². The van der Waals surface area contributed by atoms with Crippen LogP contribution in [-0.4, -0.2) is 35.9 Å². The zero-order valence-corrected chi connectivity index (χ0v) is 13.6. The number of carbonyl (C=O) groups is 2. The third kappa shape index (κ3) is 6.02. The highest BCUT2D eigenvalue weighted by Gasteiger charge is 2.24. The fourth-order valence-electron chi connectivity index (χ4n) is 2.77. The molecule has 1 aliphatic rings. The monoisotopic (exact) mass is 318 g/mol. The van der Waals surface area contributed by atoms with Gasteiger partial charge in [0.15, 0.2) is 0 Å². The third-order valence-corrected chi connectivity index (χ3v) is 4.11. The molecule has 1 saturated heterocycles. The van der Waals surface area contributed by atoms with Gasteiger partial charge in [0.1, 0.15) is 6.61 Å². The van der Waals surface area contributed by atoms with E-state index >= 15 is 0 Å². The van der Waals surface area contributed by atoms with Crippen LogP contribution in [0.4, 0.5) is 0 Å². The molecule has 5 nitrogen and oxygen atoms in total. The number of benzene rings is 1. The minimum Gasteiger partial charge on any atom is -0.461 e. The van der Waals surface area contributed by atoms with Crippen LogP contribution in [0, 0.1) is 0 Å². The standard InChI is InChI=1S/C18H26N2O3/c19-16(18(22)20-11-7-2-1-3-8-12-20)13-17(21)23-14-15-9-5-4-6-10-15/h4-6,9-10,16H,1-3,7-8,11-14,19H2/t16-/m0/s1. The summed E-state index contributed by atoms with van der Waals surface area (Å²) in [5.74, 6) is -0.565. The maximum Gasteiger partial charge on any atom is 0.308 e. The predicted molar refractivity (Wildman–Crippen MR) is 88.5 cm³/mol. The van der Waals surface area contributed by atoms with Gasteiger partial charge in [-0.15, -0.1) is 0 Å². The Morgan fingerprint density at radius 3 is 2.30 bits per heavy atom. The van der Waals surface area contributed by atoms with E-state index in [1.54, 1.807) is 4.90 Å². The van der Waals surface area contributed by atoms with Crippen LogP contribution >= 0.6 is 0 Å². The van der Waals surface area contributed by atoms with Gasteiger partial charge in [-0.2, -0.15) is 0 Å². The number of hydrogen-bond donors (Lipinski definition) is 1. The minimum absolute atomic E-state index is 0.0673. The molecule has 0 radical (unpaired) electrons. The summed E-state index contributed by atoms with van der Waals surface area (Å²) in [5.41, 5.74) is 6.84. The van der Waals surface area contributed by atoms with Crippen molar-refractivity contribution in [1.82, 2.24) is 4.90 Å². The molecule has 1 amide bonds. The van der Waals surface area contributed by atoms with Crippen molar-refractivity contribution in [2.24, 2.45) is 5.73 Å². The van der Waals surface area contributed by atoms with Crippen molar-refractivity contribution in [3.8, 4) is 0 Å². The van der Waals surface area contributed by atoms with Gasteiger partial charge in [-0.25, -0.2) is 0 Å². The van der Waals surface area contributed by atoms with E-state index in [0.29, 0.717) is 0 Å². The summed E-state index contributed by atoms with van der Waals surface area (Å²) in [6.45, 7) is 1.70. The maximum atomic E-state index is 12.4. The maximum absolute atomic E-state index is 12.4. The van der Waals surface area contributed by atoms with E-state index in [1.165, 1.54) is 6.42 Å². The van der Waals surface area contributed by atoms with Crippen LogP contribution in [0.5, 0.6) is 0 Å². The van der Waals surface area contributed by atoms with Crippen molar-refractivity contribution in [2.75, 3.05) is 13.1 Å². The molecule has 0 unspecified atom stereocenters. The SMILES string of the molecule is N[C@@H](CC(=O)OCc1ccccc1)C(=O)N1CCCCCCC1. The molecule has 1 fully saturated rings. The lowest BCUT2D eigenvalue weighted by atomic mass is 10.1. The third-order valence-electron chi connectivity index (χ3n) is 4.11. The summed E-state index contributed by atoms with van der Waals surface area (Å²) in [6.07, 6.45) is 5.49. The van der Waals surface area contributed by atoms with Crippen molar-refractivity contribution >= 4 is 11.9 Å². The van der Waals surface area contributed by atoms with Crippen LogP contribution in [0.25, 0.3) is 0 Å². The Morgan fingerprint density at radius 1 is 1.04 bits per heavy atom. The van der Waals surface area contributed by atoms with Crippen LogP contribution in [0.3, 0.4) is 0 Å². The zero-order valence-electron chi connectivity index (χ0n) is 13.6. The van der Waals surface area contributed by atoms with Crippen molar-refractivity contribution < 1.29 is 14.3 Å². The lowest BCUT2D eigenvalue weighted by Gasteiger charge is -2.27. The molecule has 2 N–H and O–H groups in total. The summed E-state index contributed by atoms with van der Waals surface area (Å²) in [5, 5.41) is 0. The van der Waals surface area contributed by atoms with E-state index < -0.39 is 12.0 Å². The Kier molecular flexibility index (Phi) is 7.07.